The second-order valence-electron chi connectivity index (χ2n) is 6.18. The zero-order valence-corrected chi connectivity index (χ0v) is 15.9. The number of guanidine groups is 1. The topological polar surface area (TPSA) is 65.9 Å². The molecule has 0 saturated heterocycles. The molecule has 1 atom stereocenters. The van der Waals surface area contributed by atoms with Gasteiger partial charge in [-0.1, -0.05) is 36.4 Å². The van der Waals surface area contributed by atoms with E-state index in [0.29, 0.717) is 24.7 Å². The largest absolute Gasteiger partial charge is 0.505 e. The fraction of sp³-hybridized carbons (Fsp3) is 0.381. The van der Waals surface area contributed by atoms with Crippen molar-refractivity contribution in [1.29, 1.82) is 0 Å². The Morgan fingerprint density at radius 3 is 2.67 bits per heavy atom. The van der Waals surface area contributed by atoms with Crippen molar-refractivity contribution in [2.75, 3.05) is 19.7 Å². The Hall–Kier alpha value is -2.60. The quantitative estimate of drug-likeness (QED) is 0.356. The van der Waals surface area contributed by atoms with Gasteiger partial charge in [-0.2, -0.15) is 0 Å². The van der Waals surface area contributed by atoms with Gasteiger partial charge in [-0.3, -0.25) is 0 Å². The summed E-state index contributed by atoms with van der Waals surface area (Å²) in [5.41, 5.74) is 1.86. The monoisotopic (exact) mass is 373 g/mol. The predicted octanol–water partition coefficient (Wildman–Crippen LogP) is 3.75. The lowest BCUT2D eigenvalue weighted by molar-refractivity contribution is 0.0646. The highest BCUT2D eigenvalue weighted by Crippen LogP contribution is 2.17. The Bertz CT molecular complexity index is 723. The van der Waals surface area contributed by atoms with E-state index >= 15 is 0 Å². The Morgan fingerprint density at radius 1 is 1.19 bits per heavy atom. The third-order valence-electron chi connectivity index (χ3n) is 4.03. The van der Waals surface area contributed by atoms with Gasteiger partial charge in [0.1, 0.15) is 0 Å². The number of ether oxygens (including phenoxy) is 1. The molecule has 0 amide bonds. The summed E-state index contributed by atoms with van der Waals surface area (Å²) in [5, 5.41) is 15.6. The first-order chi connectivity index (χ1) is 13.1. The van der Waals surface area contributed by atoms with Crippen molar-refractivity contribution >= 4 is 5.96 Å². The number of benzene rings is 2. The van der Waals surface area contributed by atoms with Gasteiger partial charge >= 0.3 is 0 Å². The normalized spacial score (nSPS) is 12.6. The maximum atomic E-state index is 13.4. The molecule has 6 heteroatoms. The summed E-state index contributed by atoms with van der Waals surface area (Å²) >= 11 is 0. The van der Waals surface area contributed by atoms with Gasteiger partial charge in [-0.15, -0.1) is 0 Å². The molecule has 0 aliphatic carbocycles. The number of hydrogen-bond donors (Lipinski definition) is 3. The number of phenolic OH excluding ortho intramolecular Hbond substituents is 1. The number of nitrogens with zero attached hydrogens (tertiary/aromatic N) is 1. The van der Waals surface area contributed by atoms with E-state index in [1.165, 1.54) is 17.7 Å². The molecule has 146 valence electrons. The zero-order valence-electron chi connectivity index (χ0n) is 15.9. The Morgan fingerprint density at radius 2 is 1.96 bits per heavy atom. The third-order valence-corrected chi connectivity index (χ3v) is 4.03. The number of rotatable bonds is 9. The summed E-state index contributed by atoms with van der Waals surface area (Å²) in [5.74, 6) is -0.315. The zero-order chi connectivity index (χ0) is 19.5. The van der Waals surface area contributed by atoms with Crippen molar-refractivity contribution in [2.45, 2.75) is 32.9 Å². The average Bonchev–Trinajstić information content (AvgIpc) is 2.68. The minimum absolute atomic E-state index is 0.0671. The van der Waals surface area contributed by atoms with Gasteiger partial charge in [-0.25, -0.2) is 9.38 Å². The van der Waals surface area contributed by atoms with Gasteiger partial charge in [0.05, 0.1) is 12.6 Å². The first-order valence-corrected chi connectivity index (χ1v) is 9.26. The lowest BCUT2D eigenvalue weighted by atomic mass is 10.1. The molecule has 0 aliphatic rings. The first-order valence-electron chi connectivity index (χ1n) is 9.26. The third kappa shape index (κ3) is 7.27. The van der Waals surface area contributed by atoms with Crippen LogP contribution in [-0.2, 0) is 11.3 Å². The number of aliphatic imine (C=N–C) groups is 1. The van der Waals surface area contributed by atoms with Gasteiger partial charge < -0.3 is 20.5 Å². The van der Waals surface area contributed by atoms with Crippen LogP contribution in [0.4, 0.5) is 4.39 Å². The molecule has 27 heavy (non-hydrogen) atoms. The molecular weight excluding hydrogens is 345 g/mol. The van der Waals surface area contributed by atoms with E-state index in [1.54, 1.807) is 6.07 Å². The molecule has 0 aromatic heterocycles. The van der Waals surface area contributed by atoms with Crippen LogP contribution in [0.1, 0.15) is 37.5 Å². The molecule has 2 aromatic carbocycles. The van der Waals surface area contributed by atoms with Crippen LogP contribution < -0.4 is 10.6 Å². The molecule has 0 heterocycles. The van der Waals surface area contributed by atoms with Crippen LogP contribution in [0.25, 0.3) is 0 Å². The number of halogens is 1. The van der Waals surface area contributed by atoms with Crippen LogP contribution in [0, 0.1) is 5.82 Å². The van der Waals surface area contributed by atoms with Crippen LogP contribution in [0.15, 0.2) is 53.5 Å². The standard InChI is InChI=1S/C21H28FN3O2/c1-3-23-21(25-15-17-10-11-20(26)19(22)14-17)24-12-7-13-27-16(2)18-8-5-4-6-9-18/h4-6,8-11,14,16,26H,3,7,12-13,15H2,1-2H3,(H2,23,24,25). The van der Waals surface area contributed by atoms with E-state index in [4.69, 9.17) is 4.74 Å². The Kier molecular flexibility index (Phi) is 8.58. The molecular formula is C21H28FN3O2. The summed E-state index contributed by atoms with van der Waals surface area (Å²) in [4.78, 5) is 4.44. The highest BCUT2D eigenvalue weighted by atomic mass is 19.1. The van der Waals surface area contributed by atoms with E-state index in [9.17, 15) is 9.50 Å². The van der Waals surface area contributed by atoms with E-state index < -0.39 is 5.82 Å². The minimum Gasteiger partial charge on any atom is -0.505 e. The predicted molar refractivity (Wildman–Crippen MR) is 106 cm³/mol. The minimum atomic E-state index is -0.634. The first kappa shape index (κ1) is 20.7. The van der Waals surface area contributed by atoms with Crippen molar-refractivity contribution in [1.82, 2.24) is 10.6 Å². The second kappa shape index (κ2) is 11.2. The Balaban J connectivity index is 1.74. The highest BCUT2D eigenvalue weighted by molar-refractivity contribution is 5.79. The summed E-state index contributed by atoms with van der Waals surface area (Å²) in [6.07, 6.45) is 0.910. The van der Waals surface area contributed by atoms with Crippen molar-refractivity contribution in [3.63, 3.8) is 0 Å². The van der Waals surface area contributed by atoms with Gasteiger partial charge in [-0.05, 0) is 43.5 Å². The molecule has 1 unspecified atom stereocenters. The molecule has 5 nitrogen and oxygen atoms in total. The summed E-state index contributed by atoms with van der Waals surface area (Å²) in [6.45, 7) is 6.46. The number of phenols is 1. The molecule has 0 fully saturated rings. The Labute approximate surface area is 160 Å². The average molecular weight is 373 g/mol. The van der Waals surface area contributed by atoms with Crippen LogP contribution >= 0.6 is 0 Å². The molecule has 3 N–H and O–H groups in total. The van der Waals surface area contributed by atoms with Crippen LogP contribution in [0.3, 0.4) is 0 Å². The number of hydrogen-bond acceptors (Lipinski definition) is 3. The van der Waals surface area contributed by atoms with Crippen molar-refractivity contribution < 1.29 is 14.2 Å². The molecule has 0 spiro atoms. The van der Waals surface area contributed by atoms with Crippen LogP contribution in [0.2, 0.25) is 0 Å². The molecule has 2 rings (SSSR count). The highest BCUT2D eigenvalue weighted by Gasteiger charge is 2.05. The number of nitrogens with one attached hydrogen (secondary N) is 2. The molecule has 0 aliphatic heterocycles. The fourth-order valence-corrected chi connectivity index (χ4v) is 2.52. The van der Waals surface area contributed by atoms with E-state index in [2.05, 4.69) is 27.8 Å². The van der Waals surface area contributed by atoms with Crippen molar-refractivity contribution in [2.24, 2.45) is 4.99 Å². The van der Waals surface area contributed by atoms with E-state index in [0.717, 1.165) is 19.5 Å². The van der Waals surface area contributed by atoms with Gasteiger partial charge in [0, 0.05) is 19.7 Å². The molecule has 2 aromatic rings. The summed E-state index contributed by atoms with van der Waals surface area (Å²) < 4.78 is 19.2. The lowest BCUT2D eigenvalue weighted by Gasteiger charge is -2.14. The molecule has 0 bridgehead atoms. The maximum Gasteiger partial charge on any atom is 0.191 e. The summed E-state index contributed by atoms with van der Waals surface area (Å²) in [7, 11) is 0. The van der Waals surface area contributed by atoms with E-state index in [-0.39, 0.29) is 11.9 Å². The lowest BCUT2D eigenvalue weighted by Crippen LogP contribution is -2.38. The van der Waals surface area contributed by atoms with Gasteiger partial charge in [0.2, 0.25) is 0 Å². The number of aromatic hydroxyl groups is 1. The fourth-order valence-electron chi connectivity index (χ4n) is 2.52. The van der Waals surface area contributed by atoms with Crippen LogP contribution in [-0.4, -0.2) is 30.8 Å². The molecule has 0 saturated carbocycles. The second-order valence-corrected chi connectivity index (χ2v) is 6.18. The SMILES string of the molecule is CCNC(=NCc1ccc(O)c(F)c1)NCCCOC(C)c1ccccc1. The van der Waals surface area contributed by atoms with Crippen molar-refractivity contribution in [3.8, 4) is 5.75 Å². The smallest absolute Gasteiger partial charge is 0.191 e. The van der Waals surface area contributed by atoms with E-state index in [1.807, 2.05) is 32.0 Å². The van der Waals surface area contributed by atoms with Crippen molar-refractivity contribution in [3.05, 3.63) is 65.5 Å². The van der Waals surface area contributed by atoms with Gasteiger partial charge in [0.25, 0.3) is 0 Å². The maximum absolute atomic E-state index is 13.4. The molecule has 0 radical (unpaired) electrons. The van der Waals surface area contributed by atoms with Crippen LogP contribution in [0.5, 0.6) is 5.75 Å². The summed E-state index contributed by atoms with van der Waals surface area (Å²) in [6, 6.07) is 14.4. The van der Waals surface area contributed by atoms with Gasteiger partial charge in [0.15, 0.2) is 17.5 Å².